The Hall–Kier alpha value is -2.29. The van der Waals surface area contributed by atoms with Crippen molar-refractivity contribution in [3.05, 3.63) is 48.2 Å². The number of sulfone groups is 1. The minimum atomic E-state index is -4.37. The molecule has 0 aliphatic carbocycles. The summed E-state index contributed by atoms with van der Waals surface area (Å²) in [5.41, 5.74) is -0.731. The number of rotatable bonds is 7. The highest BCUT2D eigenvalue weighted by molar-refractivity contribution is 7.90. The number of pyridine rings is 1. The van der Waals surface area contributed by atoms with E-state index in [1.54, 1.807) is 24.3 Å². The second-order valence-electron chi connectivity index (χ2n) is 8.09. The van der Waals surface area contributed by atoms with E-state index >= 15 is 0 Å². The van der Waals surface area contributed by atoms with Crippen LogP contribution in [0.4, 0.5) is 19.0 Å². The van der Waals surface area contributed by atoms with E-state index < -0.39 is 21.6 Å². The number of ether oxygens (including phenoxy) is 1. The largest absolute Gasteiger partial charge is 0.494 e. The van der Waals surface area contributed by atoms with E-state index in [9.17, 15) is 21.6 Å². The number of alkyl halides is 3. The molecule has 2 aromatic rings. The summed E-state index contributed by atoms with van der Waals surface area (Å²) in [4.78, 5) is 6.29. The molecule has 2 heterocycles. The van der Waals surface area contributed by atoms with Gasteiger partial charge in [-0.3, -0.25) is 0 Å². The van der Waals surface area contributed by atoms with Gasteiger partial charge in [0.25, 0.3) is 0 Å². The number of hydrogen-bond acceptors (Lipinski definition) is 5. The lowest BCUT2D eigenvalue weighted by Crippen LogP contribution is -2.36. The van der Waals surface area contributed by atoms with Gasteiger partial charge in [0.1, 0.15) is 11.6 Å². The van der Waals surface area contributed by atoms with Crippen molar-refractivity contribution in [2.45, 2.75) is 37.3 Å². The zero-order valence-electron chi connectivity index (χ0n) is 17.6. The molecule has 0 spiro atoms. The lowest BCUT2D eigenvalue weighted by Gasteiger charge is -2.35. The number of nitrogens with zero attached hydrogens (tertiary/aromatic N) is 2. The summed E-state index contributed by atoms with van der Waals surface area (Å²) in [7, 11) is -3.22. The minimum Gasteiger partial charge on any atom is -0.494 e. The van der Waals surface area contributed by atoms with Crippen LogP contribution in [0.15, 0.2) is 47.5 Å². The number of piperidine rings is 1. The van der Waals surface area contributed by atoms with E-state index in [0.717, 1.165) is 44.6 Å². The molecule has 3 rings (SSSR count). The molecule has 0 bridgehead atoms. The molecular formula is C22H27F3N2O3S. The van der Waals surface area contributed by atoms with Crippen molar-refractivity contribution in [1.82, 2.24) is 4.98 Å². The standard InChI is InChI=1S/C22H27F3N2O3S/c1-16(11-14-30-19-4-6-20(7-5-19)31(2,28)29)17-9-12-27(13-10-17)21-8-3-18(15-26-21)22(23,24)25/h3-8,15-17H,9-14H2,1-2H3/t16-/m1/s1. The van der Waals surface area contributed by atoms with Gasteiger partial charge in [0.2, 0.25) is 0 Å². The Morgan fingerprint density at radius 3 is 2.29 bits per heavy atom. The maximum absolute atomic E-state index is 12.7. The summed E-state index contributed by atoms with van der Waals surface area (Å²) >= 11 is 0. The molecule has 5 nitrogen and oxygen atoms in total. The van der Waals surface area contributed by atoms with Crippen LogP contribution in [0.25, 0.3) is 0 Å². The van der Waals surface area contributed by atoms with E-state index in [2.05, 4.69) is 11.9 Å². The van der Waals surface area contributed by atoms with Crippen LogP contribution >= 0.6 is 0 Å². The minimum absolute atomic E-state index is 0.266. The first-order valence-corrected chi connectivity index (χ1v) is 12.1. The third-order valence-electron chi connectivity index (χ3n) is 5.84. The average molecular weight is 457 g/mol. The van der Waals surface area contributed by atoms with E-state index in [1.807, 2.05) is 4.90 Å². The average Bonchev–Trinajstić information content (AvgIpc) is 2.73. The summed E-state index contributed by atoms with van der Waals surface area (Å²) < 4.78 is 66.8. The molecule has 0 amide bonds. The second-order valence-corrected chi connectivity index (χ2v) is 10.1. The number of aromatic nitrogens is 1. The van der Waals surface area contributed by atoms with Gasteiger partial charge >= 0.3 is 6.18 Å². The van der Waals surface area contributed by atoms with Crippen LogP contribution < -0.4 is 9.64 Å². The molecule has 0 N–H and O–H groups in total. The van der Waals surface area contributed by atoms with Gasteiger partial charge in [-0.15, -0.1) is 0 Å². The van der Waals surface area contributed by atoms with Gasteiger partial charge in [-0.25, -0.2) is 13.4 Å². The topological polar surface area (TPSA) is 59.5 Å². The molecule has 0 saturated carbocycles. The van der Waals surface area contributed by atoms with Gasteiger partial charge in [-0.05, 0) is 67.5 Å². The lowest BCUT2D eigenvalue weighted by atomic mass is 9.84. The van der Waals surface area contributed by atoms with Crippen LogP contribution in [0.5, 0.6) is 5.75 Å². The fourth-order valence-corrected chi connectivity index (χ4v) is 4.45. The number of benzene rings is 1. The van der Waals surface area contributed by atoms with Gasteiger partial charge in [0, 0.05) is 25.5 Å². The molecule has 0 radical (unpaired) electrons. The van der Waals surface area contributed by atoms with E-state index in [1.165, 1.54) is 12.3 Å². The van der Waals surface area contributed by atoms with Crippen LogP contribution in [0.1, 0.15) is 31.7 Å². The highest BCUT2D eigenvalue weighted by atomic mass is 32.2. The van der Waals surface area contributed by atoms with Crippen LogP contribution in [-0.4, -0.2) is 39.4 Å². The molecule has 170 valence electrons. The SMILES string of the molecule is C[C@H](CCOc1ccc(S(C)(=O)=O)cc1)C1CCN(c2ccc(C(F)(F)F)cn2)CC1. The van der Waals surface area contributed by atoms with Crippen molar-refractivity contribution in [2.75, 3.05) is 30.9 Å². The van der Waals surface area contributed by atoms with Crippen molar-refractivity contribution >= 4 is 15.7 Å². The Bertz CT molecular complexity index is 953. The molecule has 1 aromatic heterocycles. The van der Waals surface area contributed by atoms with E-state index in [-0.39, 0.29) is 4.90 Å². The Morgan fingerprint density at radius 2 is 1.77 bits per heavy atom. The van der Waals surface area contributed by atoms with Crippen molar-refractivity contribution in [2.24, 2.45) is 11.8 Å². The molecule has 31 heavy (non-hydrogen) atoms. The van der Waals surface area contributed by atoms with Gasteiger partial charge in [-0.2, -0.15) is 13.2 Å². The Morgan fingerprint density at radius 1 is 1.13 bits per heavy atom. The smallest absolute Gasteiger partial charge is 0.417 e. The first kappa shape index (κ1) is 23.4. The van der Waals surface area contributed by atoms with Crippen LogP contribution in [0.3, 0.4) is 0 Å². The third-order valence-corrected chi connectivity index (χ3v) is 6.97. The molecular weight excluding hydrogens is 429 g/mol. The van der Waals surface area contributed by atoms with Crippen molar-refractivity contribution in [3.63, 3.8) is 0 Å². The quantitative estimate of drug-likeness (QED) is 0.598. The molecule has 1 aliphatic rings. The fraction of sp³-hybridized carbons (Fsp3) is 0.500. The number of anilines is 1. The normalized spacial score (nSPS) is 16.9. The molecule has 1 atom stereocenters. The molecule has 1 saturated heterocycles. The Kier molecular flexibility index (Phi) is 7.13. The molecule has 1 aromatic carbocycles. The lowest BCUT2D eigenvalue weighted by molar-refractivity contribution is -0.137. The van der Waals surface area contributed by atoms with E-state index in [4.69, 9.17) is 4.74 Å². The summed E-state index contributed by atoms with van der Waals surface area (Å²) in [5, 5.41) is 0. The van der Waals surface area contributed by atoms with Crippen molar-refractivity contribution in [1.29, 1.82) is 0 Å². The van der Waals surface area contributed by atoms with Crippen molar-refractivity contribution in [3.8, 4) is 5.75 Å². The highest BCUT2D eigenvalue weighted by Gasteiger charge is 2.31. The summed E-state index contributed by atoms with van der Waals surface area (Å²) in [6.45, 7) is 4.26. The summed E-state index contributed by atoms with van der Waals surface area (Å²) in [6.07, 6.45) is 0.468. The molecule has 1 fully saturated rings. The monoisotopic (exact) mass is 456 g/mol. The van der Waals surface area contributed by atoms with Gasteiger partial charge in [-0.1, -0.05) is 6.92 Å². The number of halogens is 3. The van der Waals surface area contributed by atoms with Crippen LogP contribution in [0.2, 0.25) is 0 Å². The van der Waals surface area contributed by atoms with Gasteiger partial charge in [0.05, 0.1) is 17.1 Å². The zero-order chi connectivity index (χ0) is 22.6. The molecule has 9 heteroatoms. The molecule has 0 unspecified atom stereocenters. The Labute approximate surface area is 181 Å². The maximum atomic E-state index is 12.7. The van der Waals surface area contributed by atoms with Gasteiger partial charge in [0.15, 0.2) is 9.84 Å². The third kappa shape index (κ3) is 6.35. The maximum Gasteiger partial charge on any atom is 0.417 e. The summed E-state index contributed by atoms with van der Waals surface area (Å²) in [6, 6.07) is 8.93. The first-order valence-electron chi connectivity index (χ1n) is 10.2. The predicted octanol–water partition coefficient (Wildman–Crippen LogP) is 4.83. The highest BCUT2D eigenvalue weighted by Crippen LogP contribution is 2.32. The summed E-state index contributed by atoms with van der Waals surface area (Å²) in [5.74, 6) is 2.18. The fourth-order valence-electron chi connectivity index (χ4n) is 3.82. The number of hydrogen-bond donors (Lipinski definition) is 0. The zero-order valence-corrected chi connectivity index (χ0v) is 18.4. The second kappa shape index (κ2) is 9.46. The van der Waals surface area contributed by atoms with Crippen molar-refractivity contribution < 1.29 is 26.3 Å². The predicted molar refractivity (Wildman–Crippen MR) is 113 cm³/mol. The molecule has 1 aliphatic heterocycles. The van der Waals surface area contributed by atoms with Gasteiger partial charge < -0.3 is 9.64 Å². The first-order chi connectivity index (χ1) is 14.5. The van der Waals surface area contributed by atoms with Crippen LogP contribution in [-0.2, 0) is 16.0 Å². The van der Waals surface area contributed by atoms with Crippen LogP contribution in [0, 0.1) is 11.8 Å². The Balaban J connectivity index is 1.43. The van der Waals surface area contributed by atoms with E-state index in [0.29, 0.717) is 30.0 Å².